The van der Waals surface area contributed by atoms with Crippen LogP contribution in [0.1, 0.15) is 12.5 Å². The second kappa shape index (κ2) is 7.91. The number of aromatic amines is 1. The number of aromatic nitrogens is 3. The van der Waals surface area contributed by atoms with Crippen LogP contribution in [0.25, 0.3) is 10.9 Å². The maximum absolute atomic E-state index is 12.5. The van der Waals surface area contributed by atoms with E-state index in [1.165, 1.54) is 25.4 Å². The maximum Gasteiger partial charge on any atom is 0.261 e. The van der Waals surface area contributed by atoms with Crippen LogP contribution in [0, 0.1) is 17.2 Å². The number of H-pyrrole nitrogens is 1. The topological polar surface area (TPSA) is 142 Å². The Labute approximate surface area is 172 Å². The van der Waals surface area contributed by atoms with Gasteiger partial charge in [-0.2, -0.15) is 10.4 Å². The van der Waals surface area contributed by atoms with Crippen molar-refractivity contribution in [1.29, 1.82) is 5.26 Å². The number of benzene rings is 1. The lowest BCUT2D eigenvalue weighted by molar-refractivity contribution is 0.0359. The van der Waals surface area contributed by atoms with E-state index in [2.05, 4.69) is 26.2 Å². The van der Waals surface area contributed by atoms with E-state index in [1.54, 1.807) is 22.9 Å². The molecule has 4 rings (SSSR count). The van der Waals surface area contributed by atoms with Gasteiger partial charge in [-0.05, 0) is 43.8 Å². The van der Waals surface area contributed by atoms with Crippen LogP contribution in [0.5, 0.6) is 0 Å². The Hall–Kier alpha value is -3.20. The van der Waals surface area contributed by atoms with E-state index in [1.807, 2.05) is 0 Å². The predicted molar refractivity (Wildman–Crippen MR) is 110 cm³/mol. The van der Waals surface area contributed by atoms with Gasteiger partial charge in [-0.25, -0.2) is 13.1 Å². The summed E-state index contributed by atoms with van der Waals surface area (Å²) in [5, 5.41) is 17.5. The summed E-state index contributed by atoms with van der Waals surface area (Å²) in [5.74, 6) is 0.0401. The fourth-order valence-corrected chi connectivity index (χ4v) is 4.26. The van der Waals surface area contributed by atoms with Crippen LogP contribution in [0.15, 0.2) is 46.2 Å². The third-order valence-corrected chi connectivity index (χ3v) is 6.56. The average Bonchev–Trinajstić information content (AvgIpc) is 3.13. The summed E-state index contributed by atoms with van der Waals surface area (Å²) in [5.41, 5.74) is 0.837. The maximum atomic E-state index is 12.5. The monoisotopic (exact) mass is 428 g/mol. The van der Waals surface area contributed by atoms with Crippen LogP contribution < -0.4 is 15.6 Å². The molecule has 1 unspecified atom stereocenters. The van der Waals surface area contributed by atoms with Gasteiger partial charge >= 0.3 is 0 Å². The summed E-state index contributed by atoms with van der Waals surface area (Å²) in [6.07, 6.45) is 2.13. The fourth-order valence-electron chi connectivity index (χ4n) is 3.53. The first-order valence-corrected chi connectivity index (χ1v) is 10.8. The summed E-state index contributed by atoms with van der Waals surface area (Å²) < 4.78 is 33.3. The molecule has 0 radical (unpaired) electrons. The van der Waals surface area contributed by atoms with Crippen molar-refractivity contribution in [3.63, 3.8) is 0 Å². The van der Waals surface area contributed by atoms with E-state index in [0.717, 1.165) is 0 Å². The Morgan fingerprint density at radius 1 is 1.30 bits per heavy atom. The molecule has 10 nitrogen and oxygen atoms in total. The molecule has 1 aliphatic rings. The van der Waals surface area contributed by atoms with E-state index < -0.39 is 10.0 Å². The summed E-state index contributed by atoms with van der Waals surface area (Å²) in [4.78, 5) is 15.3. The van der Waals surface area contributed by atoms with Gasteiger partial charge in [-0.3, -0.25) is 9.48 Å². The van der Waals surface area contributed by atoms with Crippen molar-refractivity contribution >= 4 is 32.4 Å². The molecule has 3 heterocycles. The zero-order chi connectivity index (χ0) is 21.3. The normalized spacial score (nSPS) is 19.5. The lowest BCUT2D eigenvalue weighted by Crippen LogP contribution is -2.30. The predicted octanol–water partition coefficient (Wildman–Crippen LogP) is 1.48. The standard InChI is InChI=1S/C19H20N6O4S/c1-21-30(27,28)14-4-2-13(3-5-14)23-18-17-15(6-8-22-19(17)26)25(24-18)16-11-29-9-7-12(16)10-20/h2-6,8,12,16,21H,7,9,11H2,1H3,(H,22,26)(H,23,24)/t12?,16-/m0/s1. The number of nitrogens with zero attached hydrogens (tertiary/aromatic N) is 3. The van der Waals surface area contributed by atoms with Crippen molar-refractivity contribution < 1.29 is 13.2 Å². The smallest absolute Gasteiger partial charge is 0.261 e. The number of fused-ring (bicyclic) bond motifs is 1. The summed E-state index contributed by atoms with van der Waals surface area (Å²) in [6.45, 7) is 0.847. The third kappa shape index (κ3) is 3.56. The third-order valence-electron chi connectivity index (χ3n) is 5.13. The number of sulfonamides is 1. The van der Waals surface area contributed by atoms with E-state index in [0.29, 0.717) is 42.0 Å². The molecule has 2 atom stereocenters. The number of ether oxygens (including phenoxy) is 1. The van der Waals surface area contributed by atoms with Crippen molar-refractivity contribution in [2.75, 3.05) is 25.6 Å². The molecule has 0 amide bonds. The molecule has 3 N–H and O–H groups in total. The van der Waals surface area contributed by atoms with Gasteiger partial charge in [0.1, 0.15) is 5.39 Å². The molecule has 1 aromatic carbocycles. The molecule has 0 bridgehead atoms. The summed E-state index contributed by atoms with van der Waals surface area (Å²) in [6, 6.07) is 9.83. The minimum absolute atomic E-state index is 0.125. The van der Waals surface area contributed by atoms with Gasteiger partial charge in [0, 0.05) is 18.5 Å². The van der Waals surface area contributed by atoms with Crippen molar-refractivity contribution in [3.05, 3.63) is 46.9 Å². The quantitative estimate of drug-likeness (QED) is 0.559. The van der Waals surface area contributed by atoms with Crippen LogP contribution in [0.3, 0.4) is 0 Å². The van der Waals surface area contributed by atoms with Gasteiger partial charge in [-0.1, -0.05) is 0 Å². The molecule has 156 valence electrons. The number of pyridine rings is 1. The first-order chi connectivity index (χ1) is 14.4. The Balaban J connectivity index is 1.75. The van der Waals surface area contributed by atoms with E-state index in [4.69, 9.17) is 4.74 Å². The minimum Gasteiger partial charge on any atom is -0.379 e. The molecule has 30 heavy (non-hydrogen) atoms. The van der Waals surface area contributed by atoms with Crippen molar-refractivity contribution in [2.24, 2.45) is 5.92 Å². The van der Waals surface area contributed by atoms with Gasteiger partial charge in [0.2, 0.25) is 10.0 Å². The Morgan fingerprint density at radius 3 is 2.77 bits per heavy atom. The Morgan fingerprint density at radius 2 is 2.07 bits per heavy atom. The second-order valence-corrected chi connectivity index (χ2v) is 8.77. The van der Waals surface area contributed by atoms with Gasteiger partial charge in [0.15, 0.2) is 5.82 Å². The number of nitriles is 1. The highest BCUT2D eigenvalue weighted by Crippen LogP contribution is 2.31. The molecule has 1 fully saturated rings. The highest BCUT2D eigenvalue weighted by atomic mass is 32.2. The van der Waals surface area contributed by atoms with E-state index in [-0.39, 0.29) is 22.4 Å². The first-order valence-electron chi connectivity index (χ1n) is 9.32. The van der Waals surface area contributed by atoms with E-state index in [9.17, 15) is 18.5 Å². The number of hydrogen-bond acceptors (Lipinski definition) is 7. The average molecular weight is 428 g/mol. The Kier molecular flexibility index (Phi) is 5.29. The number of rotatable bonds is 5. The number of nitrogens with one attached hydrogen (secondary N) is 3. The molecular weight excluding hydrogens is 408 g/mol. The molecule has 0 saturated carbocycles. The molecule has 0 spiro atoms. The summed E-state index contributed by atoms with van der Waals surface area (Å²) >= 11 is 0. The largest absolute Gasteiger partial charge is 0.379 e. The van der Waals surface area contributed by atoms with Crippen molar-refractivity contribution in [1.82, 2.24) is 19.5 Å². The molecular formula is C19H20N6O4S. The minimum atomic E-state index is -3.55. The van der Waals surface area contributed by atoms with Crippen molar-refractivity contribution in [2.45, 2.75) is 17.4 Å². The molecule has 2 aromatic heterocycles. The number of hydrogen-bond donors (Lipinski definition) is 3. The molecule has 1 aliphatic heterocycles. The lowest BCUT2D eigenvalue weighted by atomic mass is 9.96. The fraction of sp³-hybridized carbons (Fsp3) is 0.316. The van der Waals surface area contributed by atoms with E-state index >= 15 is 0 Å². The SMILES string of the molecule is CNS(=O)(=O)c1ccc(Nc2nn([C@H]3COCCC3C#N)c3cc[nH]c(=O)c23)cc1. The highest BCUT2D eigenvalue weighted by Gasteiger charge is 2.30. The van der Waals surface area contributed by atoms with Crippen LogP contribution >= 0.6 is 0 Å². The van der Waals surface area contributed by atoms with Crippen LogP contribution in [0.2, 0.25) is 0 Å². The van der Waals surface area contributed by atoms with Crippen LogP contribution in [-0.2, 0) is 14.8 Å². The summed E-state index contributed by atoms with van der Waals surface area (Å²) in [7, 11) is -2.20. The molecule has 0 aliphatic carbocycles. The lowest BCUT2D eigenvalue weighted by Gasteiger charge is -2.27. The highest BCUT2D eigenvalue weighted by molar-refractivity contribution is 7.89. The molecule has 3 aromatic rings. The second-order valence-electron chi connectivity index (χ2n) is 6.88. The van der Waals surface area contributed by atoms with Gasteiger partial charge < -0.3 is 15.0 Å². The first kappa shape index (κ1) is 20.1. The van der Waals surface area contributed by atoms with Gasteiger partial charge in [-0.15, -0.1) is 0 Å². The van der Waals surface area contributed by atoms with Crippen LogP contribution in [-0.4, -0.2) is 43.4 Å². The zero-order valence-corrected chi connectivity index (χ0v) is 16.9. The Bertz CT molecular complexity index is 1270. The molecule has 11 heteroatoms. The number of anilines is 2. The van der Waals surface area contributed by atoms with Gasteiger partial charge in [0.25, 0.3) is 5.56 Å². The van der Waals surface area contributed by atoms with Crippen LogP contribution in [0.4, 0.5) is 11.5 Å². The van der Waals surface area contributed by atoms with Crippen molar-refractivity contribution in [3.8, 4) is 6.07 Å². The zero-order valence-electron chi connectivity index (χ0n) is 16.1. The molecule has 1 saturated heterocycles. The van der Waals surface area contributed by atoms with Gasteiger partial charge in [0.05, 0.1) is 35.0 Å².